The van der Waals surface area contributed by atoms with Crippen LogP contribution in [0.15, 0.2) is 97.1 Å². The van der Waals surface area contributed by atoms with Gasteiger partial charge in [-0.2, -0.15) is 0 Å². The second-order valence-corrected chi connectivity index (χ2v) is 8.83. The normalized spacial score (nSPS) is 16.6. The maximum atomic E-state index is 2.48. The van der Waals surface area contributed by atoms with Gasteiger partial charge < -0.3 is 0 Å². The van der Waals surface area contributed by atoms with Crippen LogP contribution in [-0.2, 0) is 12.8 Å². The molecule has 31 heavy (non-hydrogen) atoms. The van der Waals surface area contributed by atoms with E-state index < -0.39 is 0 Å². The standard InChI is InChI=1S/C31H26/c1-3-9-22(10-4-1)21-25-16-17-27(23-11-5-2-6-12-23)31-28(25)19-20-29-26-14-8-7-13-24(26)15-18-30(29)31/h1-14,18-20,25H,15-17,21H2. The zero-order valence-electron chi connectivity index (χ0n) is 17.7. The molecular formula is C31H26. The molecule has 2 aliphatic rings. The summed E-state index contributed by atoms with van der Waals surface area (Å²) in [6.07, 6.45) is 6.96. The zero-order chi connectivity index (χ0) is 20.6. The van der Waals surface area contributed by atoms with Crippen molar-refractivity contribution < 1.29 is 0 Å². The molecule has 0 aromatic heterocycles. The summed E-state index contributed by atoms with van der Waals surface area (Å²) in [7, 11) is 0. The van der Waals surface area contributed by atoms with E-state index in [0.717, 1.165) is 19.3 Å². The van der Waals surface area contributed by atoms with E-state index in [1.54, 1.807) is 0 Å². The average Bonchev–Trinajstić information content (AvgIpc) is 2.85. The molecule has 0 aliphatic heterocycles. The Morgan fingerprint density at radius 1 is 0.677 bits per heavy atom. The van der Waals surface area contributed by atoms with Gasteiger partial charge in [-0.1, -0.05) is 103 Å². The lowest BCUT2D eigenvalue weighted by Crippen LogP contribution is -2.38. The van der Waals surface area contributed by atoms with Crippen molar-refractivity contribution in [1.82, 2.24) is 0 Å². The van der Waals surface area contributed by atoms with Crippen LogP contribution in [-0.4, -0.2) is 0 Å². The van der Waals surface area contributed by atoms with Gasteiger partial charge in [0.25, 0.3) is 0 Å². The van der Waals surface area contributed by atoms with Crippen molar-refractivity contribution in [2.45, 2.75) is 31.6 Å². The summed E-state index contributed by atoms with van der Waals surface area (Å²) in [5.74, 6) is 0.570. The van der Waals surface area contributed by atoms with Crippen LogP contribution in [0.4, 0.5) is 0 Å². The summed E-state index contributed by atoms with van der Waals surface area (Å²) in [6, 6.07) is 35.7. The molecular weight excluding hydrogens is 372 g/mol. The highest BCUT2D eigenvalue weighted by atomic mass is 14.3. The molecule has 0 nitrogen and oxygen atoms in total. The second kappa shape index (κ2) is 7.71. The van der Waals surface area contributed by atoms with E-state index in [-0.39, 0.29) is 0 Å². The summed E-state index contributed by atoms with van der Waals surface area (Å²) < 4.78 is 0. The summed E-state index contributed by atoms with van der Waals surface area (Å²) in [4.78, 5) is 0. The molecule has 6 rings (SSSR count). The van der Waals surface area contributed by atoms with Gasteiger partial charge in [0.15, 0.2) is 0 Å². The molecule has 0 radical (unpaired) electrons. The molecule has 150 valence electrons. The van der Waals surface area contributed by atoms with Gasteiger partial charge in [0, 0.05) is 0 Å². The topological polar surface area (TPSA) is 0 Å². The van der Waals surface area contributed by atoms with Crippen molar-refractivity contribution in [3.63, 3.8) is 0 Å². The lowest BCUT2D eigenvalue weighted by atomic mass is 9.76. The Labute approximate surface area is 184 Å². The van der Waals surface area contributed by atoms with Crippen molar-refractivity contribution in [3.8, 4) is 11.1 Å². The van der Waals surface area contributed by atoms with Crippen LogP contribution in [0.5, 0.6) is 0 Å². The minimum atomic E-state index is 0.570. The van der Waals surface area contributed by atoms with E-state index in [1.807, 2.05) is 0 Å². The van der Waals surface area contributed by atoms with Crippen LogP contribution in [0.25, 0.3) is 22.8 Å². The Hall–Kier alpha value is -3.38. The van der Waals surface area contributed by atoms with Crippen LogP contribution in [0.1, 0.15) is 41.0 Å². The van der Waals surface area contributed by atoms with Crippen LogP contribution in [0, 0.1) is 0 Å². The summed E-state index contributed by atoms with van der Waals surface area (Å²) in [5.41, 5.74) is 10.1. The fourth-order valence-corrected chi connectivity index (χ4v) is 5.57. The maximum Gasteiger partial charge on any atom is -0.00818 e. The third kappa shape index (κ3) is 3.24. The molecule has 1 atom stereocenters. The molecule has 0 saturated heterocycles. The number of hydrogen-bond acceptors (Lipinski definition) is 0. The molecule has 0 amide bonds. The molecule has 0 fully saturated rings. The van der Waals surface area contributed by atoms with Crippen molar-refractivity contribution in [1.29, 1.82) is 0 Å². The minimum absolute atomic E-state index is 0.570. The number of rotatable bonds is 3. The van der Waals surface area contributed by atoms with E-state index in [1.165, 1.54) is 55.8 Å². The monoisotopic (exact) mass is 398 g/mol. The van der Waals surface area contributed by atoms with Gasteiger partial charge in [-0.05, 0) is 81.0 Å². The Balaban J connectivity index is 1.61. The highest BCUT2D eigenvalue weighted by Crippen LogP contribution is 2.33. The summed E-state index contributed by atoms with van der Waals surface area (Å²) >= 11 is 0. The van der Waals surface area contributed by atoms with E-state index in [9.17, 15) is 0 Å². The van der Waals surface area contributed by atoms with Gasteiger partial charge in [-0.3, -0.25) is 0 Å². The summed E-state index contributed by atoms with van der Waals surface area (Å²) in [5, 5.41) is 2.96. The molecule has 2 aliphatic carbocycles. The van der Waals surface area contributed by atoms with Gasteiger partial charge in [0.05, 0.1) is 0 Å². The van der Waals surface area contributed by atoms with Crippen molar-refractivity contribution in [2.24, 2.45) is 0 Å². The number of benzene rings is 4. The molecule has 0 heterocycles. The molecule has 4 aromatic carbocycles. The van der Waals surface area contributed by atoms with Crippen LogP contribution in [0.2, 0.25) is 0 Å². The summed E-state index contributed by atoms with van der Waals surface area (Å²) in [6.45, 7) is 0. The Kier molecular flexibility index (Phi) is 4.57. The Bertz CT molecular complexity index is 1360. The van der Waals surface area contributed by atoms with Crippen molar-refractivity contribution >= 4 is 11.6 Å². The van der Waals surface area contributed by atoms with Crippen molar-refractivity contribution in [3.05, 3.63) is 130 Å². The van der Waals surface area contributed by atoms with Gasteiger partial charge in [-0.15, -0.1) is 0 Å². The van der Waals surface area contributed by atoms with Crippen LogP contribution in [0.3, 0.4) is 0 Å². The molecule has 4 aromatic rings. The molecule has 0 heteroatoms. The predicted octanol–water partition coefficient (Wildman–Crippen LogP) is 6.01. The third-order valence-electron chi connectivity index (χ3n) is 7.04. The Morgan fingerprint density at radius 3 is 2.26 bits per heavy atom. The average molecular weight is 399 g/mol. The second-order valence-electron chi connectivity index (χ2n) is 8.83. The first kappa shape index (κ1) is 18.4. The number of fused-ring (bicyclic) bond motifs is 5. The first-order valence-corrected chi connectivity index (χ1v) is 11.4. The third-order valence-corrected chi connectivity index (χ3v) is 7.04. The quantitative estimate of drug-likeness (QED) is 0.396. The zero-order valence-corrected chi connectivity index (χ0v) is 17.7. The van der Waals surface area contributed by atoms with E-state index in [0.29, 0.717) is 5.92 Å². The van der Waals surface area contributed by atoms with Gasteiger partial charge in [-0.25, -0.2) is 0 Å². The molecule has 1 unspecified atom stereocenters. The van der Waals surface area contributed by atoms with Crippen molar-refractivity contribution in [2.75, 3.05) is 0 Å². The van der Waals surface area contributed by atoms with Gasteiger partial charge in [0.1, 0.15) is 0 Å². The fraction of sp³-hybridized carbons (Fsp3) is 0.161. The largest absolute Gasteiger partial charge is 0.0716 e. The molecule has 0 N–H and O–H groups in total. The van der Waals surface area contributed by atoms with Crippen LogP contribution >= 0.6 is 0 Å². The number of hydrogen-bond donors (Lipinski definition) is 0. The highest BCUT2D eigenvalue weighted by molar-refractivity contribution is 5.77. The Morgan fingerprint density at radius 2 is 1.42 bits per heavy atom. The van der Waals surface area contributed by atoms with E-state index in [2.05, 4.69) is 103 Å². The maximum absolute atomic E-state index is 2.48. The van der Waals surface area contributed by atoms with Crippen LogP contribution < -0.4 is 10.4 Å². The predicted molar refractivity (Wildman–Crippen MR) is 130 cm³/mol. The fourth-order valence-electron chi connectivity index (χ4n) is 5.57. The smallest absolute Gasteiger partial charge is 0.00818 e. The lowest BCUT2D eigenvalue weighted by Gasteiger charge is -2.28. The molecule has 0 bridgehead atoms. The van der Waals surface area contributed by atoms with E-state index in [4.69, 9.17) is 0 Å². The highest BCUT2D eigenvalue weighted by Gasteiger charge is 2.24. The van der Waals surface area contributed by atoms with Gasteiger partial charge >= 0.3 is 0 Å². The minimum Gasteiger partial charge on any atom is -0.0716 e. The van der Waals surface area contributed by atoms with E-state index >= 15 is 0 Å². The molecule has 0 spiro atoms. The lowest BCUT2D eigenvalue weighted by molar-refractivity contribution is 0.615. The first-order chi connectivity index (χ1) is 15.4. The molecule has 0 saturated carbocycles. The van der Waals surface area contributed by atoms with Gasteiger partial charge in [0.2, 0.25) is 0 Å². The first-order valence-electron chi connectivity index (χ1n) is 11.4. The SMILES string of the molecule is C1=c2c(ccc3c2=C(c2ccccc2)CCC3Cc2ccccc2)-c2ccccc2C1.